The van der Waals surface area contributed by atoms with Gasteiger partial charge in [-0.25, -0.2) is 0 Å². The summed E-state index contributed by atoms with van der Waals surface area (Å²) >= 11 is 5.65. The lowest BCUT2D eigenvalue weighted by molar-refractivity contribution is -0.137. The minimum atomic E-state index is -1.14. The van der Waals surface area contributed by atoms with Crippen LogP contribution in [0.5, 0.6) is 5.75 Å². The molecule has 0 atom stereocenters. The third-order valence-electron chi connectivity index (χ3n) is 2.15. The van der Waals surface area contributed by atoms with Crippen molar-refractivity contribution in [1.82, 2.24) is 4.90 Å². The smallest absolute Gasteiger partial charge is 0.323 e. The number of rotatable bonds is 5. The first-order valence-electron chi connectivity index (χ1n) is 5.06. The number of nitrogens with zero attached hydrogens (tertiary/aromatic N) is 1. The summed E-state index contributed by atoms with van der Waals surface area (Å²) in [5, 5.41) is 18.6. The summed E-state index contributed by atoms with van der Waals surface area (Å²) < 4.78 is 0. The number of halogens is 1. The van der Waals surface area contributed by atoms with E-state index >= 15 is 0 Å². The van der Waals surface area contributed by atoms with Gasteiger partial charge in [-0.05, 0) is 18.2 Å². The summed E-state index contributed by atoms with van der Waals surface area (Å²) in [4.78, 5) is 23.7. The zero-order valence-electron chi connectivity index (χ0n) is 9.47. The Balaban J connectivity index is 3.01. The fraction of sp³-hybridized carbons (Fsp3) is 0.167. The number of carbonyl (C=O) groups excluding carboxylic acids is 1. The molecule has 6 heteroatoms. The SMILES string of the molecule is C=CCN(CC(=O)O)C(=O)c1ccc(Cl)cc1O. The van der Waals surface area contributed by atoms with Gasteiger partial charge in [0, 0.05) is 11.6 Å². The Morgan fingerprint density at radius 2 is 2.11 bits per heavy atom. The number of carboxylic acid groups (broad SMARTS) is 1. The van der Waals surface area contributed by atoms with Crippen LogP contribution in [0.3, 0.4) is 0 Å². The van der Waals surface area contributed by atoms with Gasteiger partial charge < -0.3 is 15.1 Å². The van der Waals surface area contributed by atoms with Crippen molar-refractivity contribution in [2.45, 2.75) is 0 Å². The van der Waals surface area contributed by atoms with Crippen LogP contribution >= 0.6 is 11.6 Å². The highest BCUT2D eigenvalue weighted by Gasteiger charge is 2.20. The normalized spacial score (nSPS) is 9.83. The van der Waals surface area contributed by atoms with Gasteiger partial charge in [-0.15, -0.1) is 6.58 Å². The molecule has 0 fully saturated rings. The number of aromatic hydroxyl groups is 1. The molecule has 96 valence electrons. The maximum atomic E-state index is 12.0. The molecule has 18 heavy (non-hydrogen) atoms. The van der Waals surface area contributed by atoms with Crippen molar-refractivity contribution in [2.24, 2.45) is 0 Å². The summed E-state index contributed by atoms with van der Waals surface area (Å²) in [6, 6.07) is 4.01. The molecule has 1 rings (SSSR count). The summed E-state index contributed by atoms with van der Waals surface area (Å²) in [7, 11) is 0. The van der Waals surface area contributed by atoms with Crippen molar-refractivity contribution in [3.63, 3.8) is 0 Å². The van der Waals surface area contributed by atoms with E-state index in [1.54, 1.807) is 0 Å². The molecule has 0 aliphatic heterocycles. The Kier molecular flexibility index (Phi) is 4.74. The molecule has 0 aromatic heterocycles. The van der Waals surface area contributed by atoms with E-state index in [-0.39, 0.29) is 22.9 Å². The van der Waals surface area contributed by atoms with E-state index in [4.69, 9.17) is 16.7 Å². The van der Waals surface area contributed by atoms with Crippen molar-refractivity contribution in [3.8, 4) is 5.75 Å². The molecule has 2 N–H and O–H groups in total. The highest BCUT2D eigenvalue weighted by molar-refractivity contribution is 6.30. The molecule has 0 bridgehead atoms. The highest BCUT2D eigenvalue weighted by atomic mass is 35.5. The Morgan fingerprint density at radius 1 is 1.44 bits per heavy atom. The van der Waals surface area contributed by atoms with Gasteiger partial charge in [0.2, 0.25) is 0 Å². The number of phenolic OH excluding ortho intramolecular Hbond substituents is 1. The van der Waals surface area contributed by atoms with E-state index in [9.17, 15) is 14.7 Å². The van der Waals surface area contributed by atoms with E-state index in [1.807, 2.05) is 0 Å². The molecule has 1 aromatic carbocycles. The number of phenols is 1. The molecular formula is C12H12ClNO4. The number of carbonyl (C=O) groups is 2. The van der Waals surface area contributed by atoms with Crippen LogP contribution < -0.4 is 0 Å². The highest BCUT2D eigenvalue weighted by Crippen LogP contribution is 2.23. The first-order chi connectivity index (χ1) is 8.45. The maximum absolute atomic E-state index is 12.0. The molecule has 0 unspecified atom stereocenters. The first-order valence-corrected chi connectivity index (χ1v) is 5.44. The number of hydrogen-bond acceptors (Lipinski definition) is 3. The van der Waals surface area contributed by atoms with Crippen LogP contribution in [0.25, 0.3) is 0 Å². The molecule has 0 heterocycles. The predicted molar refractivity (Wildman–Crippen MR) is 66.9 cm³/mol. The van der Waals surface area contributed by atoms with Crippen molar-refractivity contribution >= 4 is 23.5 Å². The van der Waals surface area contributed by atoms with Crippen LogP contribution in [0.1, 0.15) is 10.4 Å². The number of amides is 1. The van der Waals surface area contributed by atoms with Crippen LogP contribution in [0.4, 0.5) is 0 Å². The molecule has 0 saturated carbocycles. The van der Waals surface area contributed by atoms with Crippen LogP contribution in [0, 0.1) is 0 Å². The van der Waals surface area contributed by atoms with Gasteiger partial charge in [0.1, 0.15) is 12.3 Å². The van der Waals surface area contributed by atoms with Crippen molar-refractivity contribution in [1.29, 1.82) is 0 Å². The zero-order valence-corrected chi connectivity index (χ0v) is 10.2. The average Bonchev–Trinajstić information content (AvgIpc) is 2.27. The maximum Gasteiger partial charge on any atom is 0.323 e. The summed E-state index contributed by atoms with van der Waals surface area (Å²) in [6.45, 7) is 3.06. The second kappa shape index (κ2) is 6.07. The van der Waals surface area contributed by atoms with E-state index in [2.05, 4.69) is 6.58 Å². The van der Waals surface area contributed by atoms with Gasteiger partial charge in [0.25, 0.3) is 5.91 Å². The van der Waals surface area contributed by atoms with Crippen molar-refractivity contribution < 1.29 is 19.8 Å². The predicted octanol–water partition coefficient (Wildman–Crippen LogP) is 1.76. The second-order valence-electron chi connectivity index (χ2n) is 3.53. The van der Waals surface area contributed by atoms with Crippen molar-refractivity contribution in [3.05, 3.63) is 41.4 Å². The molecule has 0 aliphatic carbocycles. The molecule has 0 spiro atoms. The Labute approximate surface area is 109 Å². The largest absolute Gasteiger partial charge is 0.507 e. The number of benzene rings is 1. The first kappa shape index (κ1) is 14.1. The lowest BCUT2D eigenvalue weighted by Gasteiger charge is -2.19. The number of carboxylic acids is 1. The Hall–Kier alpha value is -2.01. The lowest BCUT2D eigenvalue weighted by atomic mass is 10.1. The third kappa shape index (κ3) is 3.49. The van der Waals surface area contributed by atoms with E-state index < -0.39 is 18.4 Å². The van der Waals surface area contributed by atoms with Crippen LogP contribution in [-0.4, -0.2) is 40.1 Å². The molecule has 0 radical (unpaired) electrons. The van der Waals surface area contributed by atoms with Gasteiger partial charge in [0.05, 0.1) is 5.56 Å². The van der Waals surface area contributed by atoms with Crippen LogP contribution in [0.15, 0.2) is 30.9 Å². The van der Waals surface area contributed by atoms with Gasteiger partial charge in [-0.1, -0.05) is 17.7 Å². The van der Waals surface area contributed by atoms with E-state index in [0.29, 0.717) is 0 Å². The molecule has 0 saturated heterocycles. The fourth-order valence-corrected chi connectivity index (χ4v) is 1.56. The molecule has 1 amide bonds. The molecule has 0 aliphatic rings. The molecule has 5 nitrogen and oxygen atoms in total. The Morgan fingerprint density at radius 3 is 2.61 bits per heavy atom. The quantitative estimate of drug-likeness (QED) is 0.799. The number of aliphatic carboxylic acids is 1. The molecular weight excluding hydrogens is 258 g/mol. The summed E-state index contributed by atoms with van der Waals surface area (Å²) in [6.07, 6.45) is 1.41. The minimum Gasteiger partial charge on any atom is -0.507 e. The Bertz CT molecular complexity index is 487. The minimum absolute atomic E-state index is 0.00231. The third-order valence-corrected chi connectivity index (χ3v) is 2.39. The van der Waals surface area contributed by atoms with Crippen LogP contribution in [-0.2, 0) is 4.79 Å². The average molecular weight is 270 g/mol. The lowest BCUT2D eigenvalue weighted by Crippen LogP contribution is -2.35. The fourth-order valence-electron chi connectivity index (χ4n) is 1.39. The van der Waals surface area contributed by atoms with Crippen LogP contribution in [0.2, 0.25) is 5.02 Å². The second-order valence-corrected chi connectivity index (χ2v) is 3.97. The van der Waals surface area contributed by atoms with Crippen molar-refractivity contribution in [2.75, 3.05) is 13.1 Å². The van der Waals surface area contributed by atoms with Gasteiger partial charge >= 0.3 is 5.97 Å². The zero-order chi connectivity index (χ0) is 13.7. The van der Waals surface area contributed by atoms with E-state index in [0.717, 1.165) is 4.90 Å². The van der Waals surface area contributed by atoms with Gasteiger partial charge in [-0.3, -0.25) is 9.59 Å². The standard InChI is InChI=1S/C12H12ClNO4/c1-2-5-14(7-11(16)17)12(18)9-4-3-8(13)6-10(9)15/h2-4,6,15H,1,5,7H2,(H,16,17). The summed E-state index contributed by atoms with van der Waals surface area (Å²) in [5.41, 5.74) is 0.00231. The van der Waals surface area contributed by atoms with Gasteiger partial charge in [-0.2, -0.15) is 0 Å². The van der Waals surface area contributed by atoms with E-state index in [1.165, 1.54) is 24.3 Å². The topological polar surface area (TPSA) is 77.8 Å². The summed E-state index contributed by atoms with van der Waals surface area (Å²) in [5.74, 6) is -2.02. The monoisotopic (exact) mass is 269 g/mol. The van der Waals surface area contributed by atoms with Gasteiger partial charge in [0.15, 0.2) is 0 Å². The molecule has 1 aromatic rings. The number of hydrogen-bond donors (Lipinski definition) is 2.